The van der Waals surface area contributed by atoms with Crippen LogP contribution in [0.2, 0.25) is 0 Å². The summed E-state index contributed by atoms with van der Waals surface area (Å²) >= 11 is 2.06. The van der Waals surface area contributed by atoms with Crippen LogP contribution in [0.15, 0.2) is 0 Å². The quantitative estimate of drug-likeness (QED) is 0.593. The summed E-state index contributed by atoms with van der Waals surface area (Å²) < 4.78 is 0. The molecule has 2 atom stereocenters. The molecule has 0 aromatic heterocycles. The lowest BCUT2D eigenvalue weighted by molar-refractivity contribution is 0.198. The summed E-state index contributed by atoms with van der Waals surface area (Å²) in [4.78, 5) is 2.70. The maximum Gasteiger partial charge on any atom is 0.0187 e. The van der Waals surface area contributed by atoms with Crippen LogP contribution in [0.4, 0.5) is 0 Å². The molecule has 0 saturated carbocycles. The van der Waals surface area contributed by atoms with Gasteiger partial charge in [0.2, 0.25) is 0 Å². The highest BCUT2D eigenvalue weighted by molar-refractivity contribution is 7.99. The zero-order valence-electron chi connectivity index (χ0n) is 7.25. The minimum atomic E-state index is 0.943. The van der Waals surface area contributed by atoms with Crippen LogP contribution in [-0.2, 0) is 0 Å². The van der Waals surface area contributed by atoms with Gasteiger partial charge in [-0.1, -0.05) is 6.42 Å². The maximum absolute atomic E-state index is 2.70. The summed E-state index contributed by atoms with van der Waals surface area (Å²) in [5.74, 6) is 0. The molecule has 2 fully saturated rings. The van der Waals surface area contributed by atoms with E-state index >= 15 is 0 Å². The van der Waals surface area contributed by atoms with Crippen LogP contribution in [-0.4, -0.2) is 35.5 Å². The molecule has 2 aliphatic heterocycles. The average Bonchev–Trinajstić information content (AvgIpc) is 2.46. The Morgan fingerprint density at radius 2 is 2.27 bits per heavy atom. The Hall–Kier alpha value is 0.310. The van der Waals surface area contributed by atoms with E-state index in [4.69, 9.17) is 0 Å². The molecular weight excluding hydrogens is 154 g/mol. The van der Waals surface area contributed by atoms with Crippen molar-refractivity contribution in [3.8, 4) is 0 Å². The van der Waals surface area contributed by atoms with Crippen molar-refractivity contribution in [1.82, 2.24) is 4.90 Å². The van der Waals surface area contributed by atoms with E-state index in [-0.39, 0.29) is 0 Å². The van der Waals surface area contributed by atoms with E-state index in [2.05, 4.69) is 22.9 Å². The molecule has 2 rings (SSSR count). The van der Waals surface area contributed by atoms with Crippen LogP contribution in [0.3, 0.4) is 0 Å². The van der Waals surface area contributed by atoms with Gasteiger partial charge >= 0.3 is 0 Å². The van der Waals surface area contributed by atoms with Crippen molar-refractivity contribution in [2.45, 2.75) is 37.0 Å². The van der Waals surface area contributed by atoms with Crippen molar-refractivity contribution < 1.29 is 0 Å². The van der Waals surface area contributed by atoms with E-state index in [0.717, 1.165) is 11.3 Å². The second-order valence-corrected chi connectivity index (χ2v) is 4.88. The highest BCUT2D eigenvalue weighted by atomic mass is 32.2. The monoisotopic (exact) mass is 171 g/mol. The molecule has 64 valence electrons. The standard InChI is InChI=1S/C9H17NS/c1-11-9-6-8-4-2-3-5-10(8)7-9/h8-9H,2-7H2,1H3/t8-,9-/m0/s1. The molecule has 2 saturated heterocycles. The van der Waals surface area contributed by atoms with Crippen LogP contribution >= 0.6 is 11.8 Å². The van der Waals surface area contributed by atoms with Crippen LogP contribution in [0.5, 0.6) is 0 Å². The average molecular weight is 171 g/mol. The van der Waals surface area contributed by atoms with Gasteiger partial charge in [0, 0.05) is 17.8 Å². The molecule has 0 N–H and O–H groups in total. The Balaban J connectivity index is 1.92. The molecular formula is C9H17NS. The molecule has 0 radical (unpaired) electrons. The predicted octanol–water partition coefficient (Wildman–Crippen LogP) is 1.98. The lowest BCUT2D eigenvalue weighted by Gasteiger charge is -2.28. The van der Waals surface area contributed by atoms with E-state index in [0.29, 0.717) is 0 Å². The fourth-order valence-corrected chi connectivity index (χ4v) is 3.13. The van der Waals surface area contributed by atoms with E-state index in [9.17, 15) is 0 Å². The Morgan fingerprint density at radius 1 is 1.36 bits per heavy atom. The first-order valence-corrected chi connectivity index (χ1v) is 5.96. The van der Waals surface area contributed by atoms with Crippen LogP contribution in [0.1, 0.15) is 25.7 Å². The molecule has 0 spiro atoms. The molecule has 1 nitrogen and oxygen atoms in total. The minimum Gasteiger partial charge on any atom is -0.299 e. The molecule has 0 amide bonds. The fraction of sp³-hybridized carbons (Fsp3) is 1.00. The van der Waals surface area contributed by atoms with Gasteiger partial charge in [-0.15, -0.1) is 0 Å². The van der Waals surface area contributed by atoms with Crippen molar-refractivity contribution in [2.75, 3.05) is 19.3 Å². The number of nitrogens with zero attached hydrogens (tertiary/aromatic N) is 1. The van der Waals surface area contributed by atoms with E-state index < -0.39 is 0 Å². The zero-order valence-corrected chi connectivity index (χ0v) is 8.07. The second-order valence-electron chi connectivity index (χ2n) is 3.74. The summed E-state index contributed by atoms with van der Waals surface area (Å²) in [5, 5.41) is 0.943. The fourth-order valence-electron chi connectivity index (χ4n) is 2.38. The lowest BCUT2D eigenvalue weighted by atomic mass is 10.0. The first-order valence-electron chi connectivity index (χ1n) is 4.67. The van der Waals surface area contributed by atoms with Gasteiger partial charge in [0.15, 0.2) is 0 Å². The van der Waals surface area contributed by atoms with Gasteiger partial charge in [0.1, 0.15) is 0 Å². The number of piperidine rings is 1. The van der Waals surface area contributed by atoms with Crippen molar-refractivity contribution in [3.05, 3.63) is 0 Å². The molecule has 0 bridgehead atoms. The Morgan fingerprint density at radius 3 is 3.00 bits per heavy atom. The lowest BCUT2D eigenvalue weighted by Crippen LogP contribution is -2.34. The topological polar surface area (TPSA) is 3.24 Å². The molecule has 11 heavy (non-hydrogen) atoms. The Kier molecular flexibility index (Phi) is 2.42. The molecule has 0 aromatic rings. The van der Waals surface area contributed by atoms with Gasteiger partial charge in [-0.25, -0.2) is 0 Å². The van der Waals surface area contributed by atoms with Gasteiger partial charge in [-0.3, -0.25) is 4.90 Å². The van der Waals surface area contributed by atoms with Crippen LogP contribution in [0.25, 0.3) is 0 Å². The van der Waals surface area contributed by atoms with Crippen LogP contribution in [0, 0.1) is 0 Å². The van der Waals surface area contributed by atoms with Gasteiger partial charge in [0.05, 0.1) is 0 Å². The summed E-state index contributed by atoms with van der Waals surface area (Å²) in [5.41, 5.74) is 0. The van der Waals surface area contributed by atoms with E-state index in [1.54, 1.807) is 0 Å². The Bertz CT molecular complexity index is 124. The minimum absolute atomic E-state index is 0.943. The third-order valence-corrected chi connectivity index (χ3v) is 4.06. The summed E-state index contributed by atoms with van der Waals surface area (Å²) in [6.45, 7) is 2.74. The summed E-state index contributed by atoms with van der Waals surface area (Å²) in [7, 11) is 0. The number of thioether (sulfide) groups is 1. The molecule has 0 aromatic carbocycles. The molecule has 0 unspecified atom stereocenters. The normalized spacial score (nSPS) is 39.0. The van der Waals surface area contributed by atoms with Crippen molar-refractivity contribution in [1.29, 1.82) is 0 Å². The number of hydrogen-bond acceptors (Lipinski definition) is 2. The number of fused-ring (bicyclic) bond motifs is 1. The SMILES string of the molecule is CS[C@H]1C[C@@H]2CCCCN2C1. The van der Waals surface area contributed by atoms with Gasteiger partial charge in [-0.05, 0) is 32.1 Å². The molecule has 2 heterocycles. The first-order chi connectivity index (χ1) is 5.40. The van der Waals surface area contributed by atoms with Gasteiger partial charge in [-0.2, -0.15) is 11.8 Å². The smallest absolute Gasteiger partial charge is 0.0187 e. The summed E-state index contributed by atoms with van der Waals surface area (Å²) in [6.07, 6.45) is 8.10. The third-order valence-electron chi connectivity index (χ3n) is 3.06. The Labute approximate surface area is 73.5 Å². The van der Waals surface area contributed by atoms with Crippen molar-refractivity contribution >= 4 is 11.8 Å². The zero-order chi connectivity index (χ0) is 7.68. The van der Waals surface area contributed by atoms with E-state index in [1.807, 2.05) is 0 Å². The molecule has 2 heteroatoms. The predicted molar refractivity (Wildman–Crippen MR) is 51.1 cm³/mol. The van der Waals surface area contributed by atoms with Crippen molar-refractivity contribution in [2.24, 2.45) is 0 Å². The number of hydrogen-bond donors (Lipinski definition) is 0. The first kappa shape index (κ1) is 7.93. The van der Waals surface area contributed by atoms with Gasteiger partial charge < -0.3 is 0 Å². The van der Waals surface area contributed by atoms with Gasteiger partial charge in [0.25, 0.3) is 0 Å². The highest BCUT2D eigenvalue weighted by Gasteiger charge is 2.32. The molecule has 2 aliphatic rings. The van der Waals surface area contributed by atoms with Crippen LogP contribution < -0.4 is 0 Å². The largest absolute Gasteiger partial charge is 0.299 e. The second kappa shape index (κ2) is 3.36. The number of rotatable bonds is 1. The van der Waals surface area contributed by atoms with E-state index in [1.165, 1.54) is 38.8 Å². The highest BCUT2D eigenvalue weighted by Crippen LogP contribution is 2.31. The maximum atomic E-state index is 2.70. The van der Waals surface area contributed by atoms with Crippen molar-refractivity contribution in [3.63, 3.8) is 0 Å². The summed E-state index contributed by atoms with van der Waals surface area (Å²) in [6, 6.07) is 0.959. The third kappa shape index (κ3) is 1.57. The molecule has 0 aliphatic carbocycles.